The number of carbonyl (C=O) groups excluding carboxylic acids is 1. The lowest BCUT2D eigenvalue weighted by Gasteiger charge is -2.13. The van der Waals surface area contributed by atoms with E-state index in [-0.39, 0.29) is 11.7 Å². The molecule has 1 aliphatic rings. The van der Waals surface area contributed by atoms with Crippen LogP contribution in [-0.2, 0) is 4.79 Å². The molecule has 8 heteroatoms. The fraction of sp³-hybridized carbons (Fsp3) is 0.158. The lowest BCUT2D eigenvalue weighted by molar-refractivity contribution is -0.114. The standard InChI is InChI=1S/C19H15Br3N2O3/c1-3-27-15-9-11(16(21)17(22)18(15)25)8-14-10(2)23-24(19(14)26)13-6-4-12(20)5-7-13/h4-9,25H,3H2,1-2H3/b14-8+. The Kier molecular flexibility index (Phi) is 6.08. The normalized spacial score (nSPS) is 15.4. The van der Waals surface area contributed by atoms with Crippen LogP contribution in [0.5, 0.6) is 11.5 Å². The molecule has 27 heavy (non-hydrogen) atoms. The van der Waals surface area contributed by atoms with Crippen LogP contribution in [0.3, 0.4) is 0 Å². The van der Waals surface area contributed by atoms with Gasteiger partial charge in [-0.05, 0) is 87.7 Å². The Labute approximate surface area is 182 Å². The molecule has 1 amide bonds. The Hall–Kier alpha value is -1.64. The number of hydrogen-bond acceptors (Lipinski definition) is 4. The molecular weight excluding hydrogens is 544 g/mol. The Bertz CT molecular complexity index is 969. The lowest BCUT2D eigenvalue weighted by Crippen LogP contribution is -2.21. The predicted octanol–water partition coefficient (Wildman–Crippen LogP) is 5.88. The highest BCUT2D eigenvalue weighted by atomic mass is 79.9. The van der Waals surface area contributed by atoms with Crippen LogP contribution in [-0.4, -0.2) is 23.3 Å². The fourth-order valence-corrected chi connectivity index (χ4v) is 3.68. The number of nitrogens with zero attached hydrogens (tertiary/aromatic N) is 2. The molecule has 1 aliphatic heterocycles. The molecule has 0 aromatic heterocycles. The van der Waals surface area contributed by atoms with Crippen molar-refractivity contribution in [3.63, 3.8) is 0 Å². The highest BCUT2D eigenvalue weighted by Gasteiger charge is 2.29. The number of carbonyl (C=O) groups is 1. The minimum Gasteiger partial charge on any atom is -0.503 e. The molecule has 0 fully saturated rings. The van der Waals surface area contributed by atoms with Crippen LogP contribution in [0.1, 0.15) is 19.4 Å². The molecule has 5 nitrogen and oxygen atoms in total. The van der Waals surface area contributed by atoms with Gasteiger partial charge in [0.05, 0.1) is 28.1 Å². The molecule has 3 rings (SSSR count). The lowest BCUT2D eigenvalue weighted by atomic mass is 10.1. The van der Waals surface area contributed by atoms with Gasteiger partial charge in [0.1, 0.15) is 0 Å². The number of ether oxygens (including phenoxy) is 1. The van der Waals surface area contributed by atoms with Crippen molar-refractivity contribution < 1.29 is 14.6 Å². The first-order valence-electron chi connectivity index (χ1n) is 8.04. The minimum absolute atomic E-state index is 0.00509. The summed E-state index contributed by atoms with van der Waals surface area (Å²) >= 11 is 10.2. The highest BCUT2D eigenvalue weighted by molar-refractivity contribution is 9.13. The van der Waals surface area contributed by atoms with Gasteiger partial charge in [-0.3, -0.25) is 4.79 Å². The van der Waals surface area contributed by atoms with Crippen molar-refractivity contribution in [2.24, 2.45) is 5.10 Å². The number of phenols is 1. The third kappa shape index (κ3) is 3.97. The van der Waals surface area contributed by atoms with Crippen LogP contribution in [0.4, 0.5) is 5.69 Å². The summed E-state index contributed by atoms with van der Waals surface area (Å²) < 4.78 is 7.49. The maximum atomic E-state index is 12.9. The summed E-state index contributed by atoms with van der Waals surface area (Å²) in [6.45, 7) is 4.03. The summed E-state index contributed by atoms with van der Waals surface area (Å²) in [6, 6.07) is 9.04. The summed E-state index contributed by atoms with van der Waals surface area (Å²) in [5.74, 6) is 0.124. The maximum Gasteiger partial charge on any atom is 0.280 e. The third-order valence-corrected chi connectivity index (χ3v) is 6.59. The summed E-state index contributed by atoms with van der Waals surface area (Å²) in [5.41, 5.74) is 2.46. The van der Waals surface area contributed by atoms with Crippen LogP contribution in [0.25, 0.3) is 6.08 Å². The topological polar surface area (TPSA) is 62.1 Å². The zero-order valence-corrected chi connectivity index (χ0v) is 19.2. The second kappa shape index (κ2) is 8.16. The number of aromatic hydroxyl groups is 1. The number of halogens is 3. The molecular formula is C19H15Br3N2O3. The zero-order chi connectivity index (χ0) is 19.7. The van der Waals surface area contributed by atoms with E-state index in [1.807, 2.05) is 31.2 Å². The second-order valence-corrected chi connectivity index (χ2v) is 8.21. The van der Waals surface area contributed by atoms with Gasteiger partial charge >= 0.3 is 0 Å². The highest BCUT2D eigenvalue weighted by Crippen LogP contribution is 2.43. The van der Waals surface area contributed by atoms with E-state index in [2.05, 4.69) is 52.9 Å². The van der Waals surface area contributed by atoms with Gasteiger partial charge in [0.2, 0.25) is 0 Å². The van der Waals surface area contributed by atoms with Gasteiger partial charge in [-0.2, -0.15) is 10.1 Å². The van der Waals surface area contributed by atoms with Crippen LogP contribution in [0.15, 0.2) is 54.4 Å². The first-order valence-corrected chi connectivity index (χ1v) is 10.4. The van der Waals surface area contributed by atoms with E-state index in [0.29, 0.717) is 43.8 Å². The molecule has 0 saturated carbocycles. The number of hydrogen-bond donors (Lipinski definition) is 1. The van der Waals surface area contributed by atoms with Crippen molar-refractivity contribution in [2.75, 3.05) is 11.6 Å². The Balaban J connectivity index is 2.02. The van der Waals surface area contributed by atoms with E-state index in [1.165, 1.54) is 5.01 Å². The van der Waals surface area contributed by atoms with E-state index in [1.54, 1.807) is 19.1 Å². The van der Waals surface area contributed by atoms with Crippen LogP contribution >= 0.6 is 47.8 Å². The largest absolute Gasteiger partial charge is 0.503 e. The van der Waals surface area contributed by atoms with Gasteiger partial charge in [0, 0.05) is 8.95 Å². The third-order valence-electron chi connectivity index (χ3n) is 3.91. The molecule has 0 atom stereocenters. The van der Waals surface area contributed by atoms with Gasteiger partial charge in [-0.25, -0.2) is 0 Å². The number of amides is 1. The van der Waals surface area contributed by atoms with Gasteiger partial charge in [-0.1, -0.05) is 15.9 Å². The number of phenolic OH excluding ortho intramolecular Hbond substituents is 1. The van der Waals surface area contributed by atoms with E-state index in [0.717, 1.165) is 4.47 Å². The number of hydrazone groups is 1. The van der Waals surface area contributed by atoms with Gasteiger partial charge in [-0.15, -0.1) is 0 Å². The molecule has 0 bridgehead atoms. The molecule has 140 valence electrons. The van der Waals surface area contributed by atoms with Crippen molar-refractivity contribution in [1.29, 1.82) is 0 Å². The van der Waals surface area contributed by atoms with E-state index in [4.69, 9.17) is 4.74 Å². The summed E-state index contributed by atoms with van der Waals surface area (Å²) in [7, 11) is 0. The van der Waals surface area contributed by atoms with Gasteiger partial charge in [0.25, 0.3) is 5.91 Å². The molecule has 0 spiro atoms. The van der Waals surface area contributed by atoms with Gasteiger partial charge in [0.15, 0.2) is 11.5 Å². The monoisotopic (exact) mass is 556 g/mol. The maximum absolute atomic E-state index is 12.9. The van der Waals surface area contributed by atoms with Gasteiger partial charge < -0.3 is 9.84 Å². The molecule has 1 N–H and O–H groups in total. The number of rotatable bonds is 4. The molecule has 0 aliphatic carbocycles. The summed E-state index contributed by atoms with van der Waals surface area (Å²) in [5, 5.41) is 15.9. The summed E-state index contributed by atoms with van der Waals surface area (Å²) in [4.78, 5) is 12.9. The second-order valence-electron chi connectivity index (χ2n) is 5.71. The first kappa shape index (κ1) is 20.1. The quantitative estimate of drug-likeness (QED) is 0.476. The Morgan fingerprint density at radius 3 is 2.48 bits per heavy atom. The summed E-state index contributed by atoms with van der Waals surface area (Å²) in [6.07, 6.45) is 1.73. The average Bonchev–Trinajstić information content (AvgIpc) is 2.92. The molecule has 0 unspecified atom stereocenters. The molecule has 2 aromatic rings. The fourth-order valence-electron chi connectivity index (χ4n) is 2.58. The Morgan fingerprint density at radius 1 is 1.19 bits per heavy atom. The van der Waals surface area contributed by atoms with E-state index < -0.39 is 0 Å². The Morgan fingerprint density at radius 2 is 1.85 bits per heavy atom. The van der Waals surface area contributed by atoms with Crippen molar-refractivity contribution >= 4 is 71.2 Å². The number of anilines is 1. The van der Waals surface area contributed by atoms with Crippen molar-refractivity contribution in [3.05, 3.63) is 54.9 Å². The van der Waals surface area contributed by atoms with Crippen molar-refractivity contribution in [3.8, 4) is 11.5 Å². The van der Waals surface area contributed by atoms with E-state index >= 15 is 0 Å². The van der Waals surface area contributed by atoms with Crippen molar-refractivity contribution in [1.82, 2.24) is 0 Å². The molecule has 0 saturated heterocycles. The molecule has 2 aromatic carbocycles. The minimum atomic E-state index is -0.219. The zero-order valence-electron chi connectivity index (χ0n) is 14.5. The van der Waals surface area contributed by atoms with Crippen LogP contribution < -0.4 is 9.75 Å². The predicted molar refractivity (Wildman–Crippen MR) is 117 cm³/mol. The average molecular weight is 559 g/mol. The van der Waals surface area contributed by atoms with Crippen LogP contribution in [0, 0.1) is 0 Å². The number of benzene rings is 2. The first-order chi connectivity index (χ1) is 12.8. The van der Waals surface area contributed by atoms with Crippen LogP contribution in [0.2, 0.25) is 0 Å². The smallest absolute Gasteiger partial charge is 0.280 e. The SMILES string of the molecule is CCOc1cc(/C=C2/C(=O)N(c3ccc(Br)cc3)N=C2C)c(Br)c(Br)c1O. The molecule has 1 heterocycles. The van der Waals surface area contributed by atoms with Crippen molar-refractivity contribution in [2.45, 2.75) is 13.8 Å². The molecule has 0 radical (unpaired) electrons. The van der Waals surface area contributed by atoms with E-state index in [9.17, 15) is 9.90 Å².